The van der Waals surface area contributed by atoms with Gasteiger partial charge in [-0.15, -0.1) is 0 Å². The molecular formula is C52H34N4. The number of pyridine rings is 2. The minimum absolute atomic E-state index is 0.940. The van der Waals surface area contributed by atoms with Crippen LogP contribution >= 0.6 is 0 Å². The number of aromatic nitrogens is 4. The molecule has 0 fully saturated rings. The van der Waals surface area contributed by atoms with Gasteiger partial charge < -0.3 is 4.57 Å². The maximum Gasteiger partial charge on any atom is 0.145 e. The van der Waals surface area contributed by atoms with Gasteiger partial charge in [0.1, 0.15) is 5.65 Å². The molecule has 4 nitrogen and oxygen atoms in total. The van der Waals surface area contributed by atoms with E-state index in [0.29, 0.717) is 0 Å². The monoisotopic (exact) mass is 714 g/mol. The van der Waals surface area contributed by atoms with Gasteiger partial charge in [0.05, 0.1) is 27.9 Å². The van der Waals surface area contributed by atoms with E-state index in [1.54, 1.807) is 0 Å². The van der Waals surface area contributed by atoms with Gasteiger partial charge in [-0.25, -0.2) is 9.97 Å². The number of rotatable bonds is 6. The predicted octanol–water partition coefficient (Wildman–Crippen LogP) is 13.3. The van der Waals surface area contributed by atoms with E-state index >= 15 is 0 Å². The van der Waals surface area contributed by atoms with Gasteiger partial charge in [-0.05, 0) is 95.1 Å². The summed E-state index contributed by atoms with van der Waals surface area (Å²) in [4.78, 5) is 10.0. The third kappa shape index (κ3) is 5.31. The average Bonchev–Trinajstić information content (AvgIpc) is 3.79. The quantitative estimate of drug-likeness (QED) is 0.172. The van der Waals surface area contributed by atoms with Crippen molar-refractivity contribution in [1.82, 2.24) is 19.1 Å². The predicted molar refractivity (Wildman–Crippen MR) is 232 cm³/mol. The molecule has 4 heteroatoms. The first kappa shape index (κ1) is 31.9. The Morgan fingerprint density at radius 1 is 0.304 bits per heavy atom. The van der Waals surface area contributed by atoms with E-state index in [1.807, 2.05) is 24.4 Å². The van der Waals surface area contributed by atoms with Crippen molar-refractivity contribution in [3.05, 3.63) is 206 Å². The maximum atomic E-state index is 5.09. The lowest BCUT2D eigenvalue weighted by Crippen LogP contribution is -1.96. The highest BCUT2D eigenvalue weighted by molar-refractivity contribution is 6.12. The Kier molecular flexibility index (Phi) is 7.46. The van der Waals surface area contributed by atoms with Crippen molar-refractivity contribution in [3.63, 3.8) is 0 Å². The van der Waals surface area contributed by atoms with Crippen molar-refractivity contribution in [1.29, 1.82) is 0 Å². The summed E-state index contributed by atoms with van der Waals surface area (Å²) in [5.41, 5.74) is 15.4. The molecule has 0 unspecified atom stereocenters. The second-order valence-electron chi connectivity index (χ2n) is 14.3. The Hall–Kier alpha value is -7.56. The topological polar surface area (TPSA) is 35.6 Å². The minimum atomic E-state index is 0.940. The van der Waals surface area contributed by atoms with Gasteiger partial charge in [-0.3, -0.25) is 4.57 Å². The van der Waals surface area contributed by atoms with Gasteiger partial charge in [-0.1, -0.05) is 127 Å². The Morgan fingerprint density at radius 2 is 0.857 bits per heavy atom. The number of fused-ring (bicyclic) bond motifs is 6. The summed E-state index contributed by atoms with van der Waals surface area (Å²) in [5, 5.41) is 4.79. The molecule has 0 atom stereocenters. The smallest absolute Gasteiger partial charge is 0.145 e. The van der Waals surface area contributed by atoms with Crippen molar-refractivity contribution in [2.75, 3.05) is 0 Å². The molecule has 4 aromatic heterocycles. The highest BCUT2D eigenvalue weighted by Crippen LogP contribution is 2.38. The summed E-state index contributed by atoms with van der Waals surface area (Å²) in [5.74, 6) is 0. The van der Waals surface area contributed by atoms with Gasteiger partial charge in [-0.2, -0.15) is 0 Å². The number of hydrogen-bond donors (Lipinski definition) is 0. The van der Waals surface area contributed by atoms with Gasteiger partial charge >= 0.3 is 0 Å². The number of hydrogen-bond acceptors (Lipinski definition) is 2. The standard InChI is InChI=1S/C52H34N4/c1-4-13-36(14-5-1)47-32-40(33-48(54-47)37-15-6-2-7-16-37)35-22-26-42(27-23-35)56-51-34-39(24-28-44(51)45-20-12-30-53-52(45)56)38-25-29-50-46(31-38)43-19-10-11-21-49(43)55(50)41-17-8-3-9-18-41/h1-34H. The van der Waals surface area contributed by atoms with Gasteiger partial charge in [0.25, 0.3) is 0 Å². The zero-order valence-electron chi connectivity index (χ0n) is 30.4. The van der Waals surface area contributed by atoms with Gasteiger partial charge in [0, 0.05) is 50.2 Å². The van der Waals surface area contributed by atoms with Crippen LogP contribution in [0.25, 0.3) is 99.9 Å². The van der Waals surface area contributed by atoms with Crippen LogP contribution in [-0.4, -0.2) is 19.1 Å². The van der Waals surface area contributed by atoms with Crippen molar-refractivity contribution < 1.29 is 0 Å². The van der Waals surface area contributed by atoms with Crippen LogP contribution in [-0.2, 0) is 0 Å². The van der Waals surface area contributed by atoms with E-state index in [9.17, 15) is 0 Å². The van der Waals surface area contributed by atoms with E-state index in [4.69, 9.17) is 9.97 Å². The molecule has 0 spiro atoms. The van der Waals surface area contributed by atoms with Gasteiger partial charge in [0.15, 0.2) is 0 Å². The molecule has 11 rings (SSSR count). The van der Waals surface area contributed by atoms with Crippen LogP contribution in [0, 0.1) is 0 Å². The molecule has 11 aromatic rings. The van der Waals surface area contributed by atoms with Crippen LogP contribution in [0.4, 0.5) is 0 Å². The molecule has 0 bridgehead atoms. The highest BCUT2D eigenvalue weighted by Gasteiger charge is 2.17. The van der Waals surface area contributed by atoms with E-state index in [-0.39, 0.29) is 0 Å². The summed E-state index contributed by atoms with van der Waals surface area (Å²) in [6, 6.07) is 71.3. The van der Waals surface area contributed by atoms with Crippen molar-refractivity contribution in [3.8, 4) is 56.1 Å². The van der Waals surface area contributed by atoms with Crippen molar-refractivity contribution >= 4 is 43.7 Å². The lowest BCUT2D eigenvalue weighted by molar-refractivity contribution is 1.14. The Balaban J connectivity index is 1.03. The molecular weight excluding hydrogens is 681 g/mol. The van der Waals surface area contributed by atoms with E-state index in [2.05, 4.69) is 191 Å². The van der Waals surface area contributed by atoms with Crippen LogP contribution in [0.1, 0.15) is 0 Å². The van der Waals surface area contributed by atoms with E-state index < -0.39 is 0 Å². The fraction of sp³-hybridized carbons (Fsp3) is 0. The summed E-state index contributed by atoms with van der Waals surface area (Å²) < 4.78 is 4.66. The molecule has 0 amide bonds. The molecule has 0 aliphatic carbocycles. The first-order valence-corrected chi connectivity index (χ1v) is 19.0. The molecule has 0 radical (unpaired) electrons. The summed E-state index contributed by atoms with van der Waals surface area (Å²) in [6.45, 7) is 0. The number of para-hydroxylation sites is 2. The van der Waals surface area contributed by atoms with Crippen molar-refractivity contribution in [2.45, 2.75) is 0 Å². The SMILES string of the molecule is c1ccc(-c2cc(-c3ccc(-n4c5cc(-c6ccc7c(c6)c6ccccc6n7-c6ccccc6)ccc5c5cccnc54)cc3)cc(-c3ccccc3)n2)cc1. The van der Waals surface area contributed by atoms with Crippen molar-refractivity contribution in [2.24, 2.45) is 0 Å². The van der Waals surface area contributed by atoms with Crippen LogP contribution in [0.5, 0.6) is 0 Å². The number of nitrogens with zero attached hydrogens (tertiary/aromatic N) is 4. The Labute approximate surface area is 324 Å². The molecule has 7 aromatic carbocycles. The second kappa shape index (κ2) is 13.1. The molecule has 56 heavy (non-hydrogen) atoms. The highest BCUT2D eigenvalue weighted by atomic mass is 15.0. The van der Waals surface area contributed by atoms with Gasteiger partial charge in [0.2, 0.25) is 0 Å². The zero-order valence-corrected chi connectivity index (χ0v) is 30.4. The third-order valence-electron chi connectivity index (χ3n) is 11.0. The van der Waals surface area contributed by atoms with Crippen LogP contribution in [0.15, 0.2) is 206 Å². The fourth-order valence-electron chi connectivity index (χ4n) is 8.31. The van der Waals surface area contributed by atoms with Crippen LogP contribution in [0.3, 0.4) is 0 Å². The molecule has 0 aliphatic heterocycles. The fourth-order valence-corrected chi connectivity index (χ4v) is 8.31. The minimum Gasteiger partial charge on any atom is -0.309 e. The summed E-state index contributed by atoms with van der Waals surface area (Å²) in [7, 11) is 0. The Morgan fingerprint density at radius 3 is 1.59 bits per heavy atom. The van der Waals surface area contributed by atoms with Crippen LogP contribution < -0.4 is 0 Å². The first-order chi connectivity index (χ1) is 27.8. The molecule has 262 valence electrons. The lowest BCUT2D eigenvalue weighted by atomic mass is 9.99. The first-order valence-electron chi connectivity index (χ1n) is 19.0. The van der Waals surface area contributed by atoms with E-state index in [1.165, 1.54) is 32.8 Å². The molecule has 0 aliphatic rings. The normalized spacial score (nSPS) is 11.6. The summed E-state index contributed by atoms with van der Waals surface area (Å²) >= 11 is 0. The lowest BCUT2D eigenvalue weighted by Gasteiger charge is -2.12. The average molecular weight is 715 g/mol. The van der Waals surface area contributed by atoms with E-state index in [0.717, 1.165) is 67.1 Å². The number of benzene rings is 7. The zero-order chi connectivity index (χ0) is 37.0. The van der Waals surface area contributed by atoms with Crippen LogP contribution in [0.2, 0.25) is 0 Å². The second-order valence-corrected chi connectivity index (χ2v) is 14.3. The molecule has 0 N–H and O–H groups in total. The largest absolute Gasteiger partial charge is 0.309 e. The molecule has 0 saturated carbocycles. The molecule has 0 saturated heterocycles. The Bertz CT molecular complexity index is 3160. The summed E-state index contributed by atoms with van der Waals surface area (Å²) in [6.07, 6.45) is 1.89. The molecule has 4 heterocycles. The third-order valence-corrected chi connectivity index (χ3v) is 11.0. The maximum absolute atomic E-state index is 5.09.